The molecule has 1 fully saturated rings. The topological polar surface area (TPSA) is 91.4 Å². The molecule has 22 heavy (non-hydrogen) atoms. The number of esters is 1. The molecule has 1 aliphatic heterocycles. The van der Waals surface area contributed by atoms with Crippen LogP contribution in [-0.2, 0) is 23.8 Å². The van der Waals surface area contributed by atoms with Crippen LogP contribution in [0.15, 0.2) is 0 Å². The molecule has 0 bridgehead atoms. The minimum atomic E-state index is -1.04. The van der Waals surface area contributed by atoms with Gasteiger partial charge < -0.3 is 14.2 Å². The lowest BCUT2D eigenvalue weighted by molar-refractivity contribution is -0.234. The van der Waals surface area contributed by atoms with Crippen molar-refractivity contribution in [1.82, 2.24) is 5.06 Å². The van der Waals surface area contributed by atoms with Gasteiger partial charge in [-0.1, -0.05) is 5.06 Å². The summed E-state index contributed by atoms with van der Waals surface area (Å²) in [4.78, 5) is 40.4. The van der Waals surface area contributed by atoms with E-state index in [-0.39, 0.29) is 12.8 Å². The van der Waals surface area contributed by atoms with E-state index < -0.39 is 35.6 Å². The largest absolute Gasteiger partial charge is 0.445 e. The molecule has 0 saturated carbocycles. The Morgan fingerprint density at radius 1 is 1.05 bits per heavy atom. The van der Waals surface area contributed by atoms with E-state index in [4.69, 9.17) is 19.0 Å². The molecule has 8 heteroatoms. The molecule has 1 rings (SSSR count). The van der Waals surface area contributed by atoms with Gasteiger partial charge in [0, 0.05) is 6.42 Å². The highest BCUT2D eigenvalue weighted by molar-refractivity contribution is 5.86. The minimum Gasteiger partial charge on any atom is -0.442 e. The number of ether oxygens (including phenoxy) is 3. The van der Waals surface area contributed by atoms with Gasteiger partial charge in [0.25, 0.3) is 0 Å². The zero-order valence-electron chi connectivity index (χ0n) is 13.8. The van der Waals surface area contributed by atoms with E-state index in [0.717, 1.165) is 0 Å². The van der Waals surface area contributed by atoms with E-state index in [2.05, 4.69) is 0 Å². The van der Waals surface area contributed by atoms with Crippen LogP contribution in [-0.4, -0.2) is 40.7 Å². The number of carbonyl (C=O) groups excluding carboxylic acids is 3. The molecule has 0 N–H and O–H groups in total. The van der Waals surface area contributed by atoms with Crippen LogP contribution in [0.25, 0.3) is 0 Å². The Kier molecular flexibility index (Phi) is 5.39. The Morgan fingerprint density at radius 2 is 1.50 bits per heavy atom. The summed E-state index contributed by atoms with van der Waals surface area (Å²) in [7, 11) is 0. The van der Waals surface area contributed by atoms with E-state index in [0.29, 0.717) is 5.06 Å². The predicted molar refractivity (Wildman–Crippen MR) is 74.5 cm³/mol. The Labute approximate surface area is 129 Å². The number of carbonyl (C=O) groups is 3. The lowest BCUT2D eigenvalue weighted by Crippen LogP contribution is -2.45. The predicted octanol–water partition coefficient (Wildman–Crippen LogP) is 2.75. The fourth-order valence-corrected chi connectivity index (χ4v) is 1.46. The number of nitrogens with zero attached hydrogens (tertiary/aromatic N) is 1. The van der Waals surface area contributed by atoms with Crippen LogP contribution >= 0.6 is 0 Å². The Balaban J connectivity index is 2.82. The van der Waals surface area contributed by atoms with Gasteiger partial charge >= 0.3 is 18.2 Å². The van der Waals surface area contributed by atoms with Gasteiger partial charge in [-0.15, -0.1) is 0 Å². The molecule has 2 amide bonds. The maximum Gasteiger partial charge on any atom is 0.445 e. The summed E-state index contributed by atoms with van der Waals surface area (Å²) < 4.78 is 15.0. The van der Waals surface area contributed by atoms with Crippen molar-refractivity contribution in [2.75, 3.05) is 0 Å². The molecule has 1 unspecified atom stereocenters. The molecule has 0 radical (unpaired) electrons. The molecular weight excluding hydrogens is 294 g/mol. The van der Waals surface area contributed by atoms with Gasteiger partial charge in [-0.05, 0) is 41.5 Å². The second-order valence-electron chi connectivity index (χ2n) is 6.82. The summed E-state index contributed by atoms with van der Waals surface area (Å²) in [5.74, 6) is -0.460. The van der Waals surface area contributed by atoms with Crippen LogP contribution in [0, 0.1) is 0 Å². The second kappa shape index (κ2) is 6.51. The van der Waals surface area contributed by atoms with Crippen molar-refractivity contribution in [3.8, 4) is 0 Å². The van der Waals surface area contributed by atoms with Crippen molar-refractivity contribution in [2.24, 2.45) is 0 Å². The number of rotatable bonds is 2. The average Bonchev–Trinajstić information content (AvgIpc) is 2.66. The molecule has 8 nitrogen and oxygen atoms in total. The summed E-state index contributed by atoms with van der Waals surface area (Å²) in [6.45, 7) is 9.88. The Bertz CT molecular complexity index is 419. The van der Waals surface area contributed by atoms with Gasteiger partial charge in [-0.25, -0.2) is 14.4 Å². The normalized spacial score (nSPS) is 18.6. The van der Waals surface area contributed by atoms with Gasteiger partial charge in [0.1, 0.15) is 11.2 Å². The summed E-state index contributed by atoms with van der Waals surface area (Å²) in [6, 6.07) is 0. The molecule has 1 heterocycles. The second-order valence-corrected chi connectivity index (χ2v) is 6.82. The quantitative estimate of drug-likeness (QED) is 0.439. The van der Waals surface area contributed by atoms with Crippen LogP contribution in [0.1, 0.15) is 54.4 Å². The lowest BCUT2D eigenvalue weighted by atomic mass is 10.2. The fourth-order valence-electron chi connectivity index (χ4n) is 1.46. The molecule has 0 spiro atoms. The number of hydrogen-bond acceptors (Lipinski definition) is 7. The van der Waals surface area contributed by atoms with E-state index in [1.807, 2.05) is 0 Å². The summed E-state index contributed by atoms with van der Waals surface area (Å²) in [6.07, 6.45) is -2.70. The van der Waals surface area contributed by atoms with Crippen molar-refractivity contribution >= 4 is 18.2 Å². The van der Waals surface area contributed by atoms with Gasteiger partial charge in [0.15, 0.2) is 0 Å². The molecule has 1 saturated heterocycles. The molecule has 0 aromatic heterocycles. The third-order valence-corrected chi connectivity index (χ3v) is 2.19. The average molecular weight is 317 g/mol. The van der Waals surface area contributed by atoms with Gasteiger partial charge in [0.2, 0.25) is 6.29 Å². The molecule has 0 aromatic rings. The molecule has 0 aliphatic carbocycles. The number of hydroxylamine groups is 2. The summed E-state index contributed by atoms with van der Waals surface area (Å²) in [5, 5.41) is 0.347. The highest BCUT2D eigenvalue weighted by atomic mass is 16.8. The first-order chi connectivity index (χ1) is 9.87. The third-order valence-electron chi connectivity index (χ3n) is 2.19. The van der Waals surface area contributed by atoms with E-state index in [1.54, 1.807) is 41.5 Å². The lowest BCUT2D eigenvalue weighted by Gasteiger charge is -2.28. The van der Waals surface area contributed by atoms with Gasteiger partial charge in [-0.3, -0.25) is 4.79 Å². The first-order valence-electron chi connectivity index (χ1n) is 7.00. The summed E-state index contributed by atoms with van der Waals surface area (Å²) in [5.41, 5.74) is -1.65. The minimum absolute atomic E-state index is 0.154. The molecule has 1 aliphatic rings. The first-order valence-corrected chi connectivity index (χ1v) is 7.00. The van der Waals surface area contributed by atoms with Crippen LogP contribution in [0.5, 0.6) is 0 Å². The Morgan fingerprint density at radius 3 is 1.82 bits per heavy atom. The maximum atomic E-state index is 12.1. The monoisotopic (exact) mass is 317 g/mol. The van der Waals surface area contributed by atoms with Crippen LogP contribution in [0.2, 0.25) is 0 Å². The molecular formula is C14H23NO7. The van der Waals surface area contributed by atoms with Crippen LogP contribution in [0.4, 0.5) is 9.59 Å². The van der Waals surface area contributed by atoms with Crippen molar-refractivity contribution in [2.45, 2.75) is 71.9 Å². The zero-order valence-corrected chi connectivity index (χ0v) is 13.8. The first kappa shape index (κ1) is 18.2. The molecule has 1 atom stereocenters. The van der Waals surface area contributed by atoms with Crippen molar-refractivity contribution < 1.29 is 33.4 Å². The van der Waals surface area contributed by atoms with Gasteiger partial charge in [-0.2, -0.15) is 0 Å². The van der Waals surface area contributed by atoms with Crippen molar-refractivity contribution in [3.05, 3.63) is 0 Å². The highest BCUT2D eigenvalue weighted by Crippen LogP contribution is 2.20. The number of amides is 2. The standard InChI is InChI=1S/C14H23NO7/c1-13(2,3)20-11(17)15(12(18)21-14(4,5)6)22-10-8-7-9(16)19-10/h10H,7-8H2,1-6H3. The highest BCUT2D eigenvalue weighted by Gasteiger charge is 2.37. The van der Waals surface area contributed by atoms with Crippen LogP contribution in [0.3, 0.4) is 0 Å². The Hall–Kier alpha value is -1.83. The number of imide groups is 1. The van der Waals surface area contributed by atoms with E-state index >= 15 is 0 Å². The molecule has 0 aromatic carbocycles. The van der Waals surface area contributed by atoms with Crippen LogP contribution < -0.4 is 0 Å². The zero-order chi connectivity index (χ0) is 17.1. The number of hydrogen-bond donors (Lipinski definition) is 0. The fraction of sp³-hybridized carbons (Fsp3) is 0.786. The maximum absolute atomic E-state index is 12.1. The number of cyclic esters (lactones) is 1. The third kappa shape index (κ3) is 6.30. The van der Waals surface area contributed by atoms with Crippen molar-refractivity contribution in [1.29, 1.82) is 0 Å². The summed E-state index contributed by atoms with van der Waals surface area (Å²) >= 11 is 0. The smallest absolute Gasteiger partial charge is 0.442 e. The van der Waals surface area contributed by atoms with E-state index in [9.17, 15) is 14.4 Å². The molecule has 126 valence electrons. The van der Waals surface area contributed by atoms with Crippen molar-refractivity contribution in [3.63, 3.8) is 0 Å². The van der Waals surface area contributed by atoms with E-state index in [1.165, 1.54) is 0 Å². The van der Waals surface area contributed by atoms with Gasteiger partial charge in [0.05, 0.1) is 6.42 Å². The SMILES string of the molecule is CC(C)(C)OC(=O)N(OC1CCC(=O)O1)C(=O)OC(C)(C)C.